The average molecular weight is 448 g/mol. The Kier molecular flexibility index (Phi) is 6.52. The van der Waals surface area contributed by atoms with Gasteiger partial charge < -0.3 is 5.32 Å². The van der Waals surface area contributed by atoms with Gasteiger partial charge in [0.1, 0.15) is 0 Å². The highest BCUT2D eigenvalue weighted by molar-refractivity contribution is 7.90. The third kappa shape index (κ3) is 5.03. The Morgan fingerprint density at radius 1 is 1.13 bits per heavy atom. The molecule has 0 aliphatic carbocycles. The second-order valence-electron chi connectivity index (χ2n) is 6.94. The smallest absolute Gasteiger partial charge is 0.247 e. The molecular formula is C20H22ClN5O3S. The monoisotopic (exact) mass is 447 g/mol. The molecule has 2 aromatic carbocycles. The number of tetrazole rings is 1. The number of hydrogen-bond acceptors (Lipinski definition) is 6. The van der Waals surface area contributed by atoms with Gasteiger partial charge in [0, 0.05) is 16.8 Å². The summed E-state index contributed by atoms with van der Waals surface area (Å²) in [5, 5.41) is 16.0. The molecular weight excluding hydrogens is 426 g/mol. The molecule has 0 saturated carbocycles. The highest BCUT2D eigenvalue weighted by atomic mass is 35.5. The second kappa shape index (κ2) is 8.93. The first-order valence-electron chi connectivity index (χ1n) is 9.35. The number of nitrogens with one attached hydrogen (secondary N) is 1. The fourth-order valence-corrected chi connectivity index (χ4v) is 3.68. The maximum atomic E-state index is 12.8. The van der Waals surface area contributed by atoms with Gasteiger partial charge >= 0.3 is 0 Å². The number of rotatable bonds is 7. The Balaban J connectivity index is 1.72. The molecule has 2 unspecified atom stereocenters. The summed E-state index contributed by atoms with van der Waals surface area (Å²) in [5.74, 6) is 0.152. The molecule has 0 fully saturated rings. The Morgan fingerprint density at radius 2 is 1.77 bits per heavy atom. The summed E-state index contributed by atoms with van der Waals surface area (Å²) in [6, 6.07) is 12.5. The van der Waals surface area contributed by atoms with Crippen molar-refractivity contribution in [1.29, 1.82) is 0 Å². The highest BCUT2D eigenvalue weighted by Crippen LogP contribution is 2.20. The zero-order chi connectivity index (χ0) is 21.9. The van der Waals surface area contributed by atoms with Gasteiger partial charge in [0.05, 0.1) is 10.9 Å². The van der Waals surface area contributed by atoms with Gasteiger partial charge in [-0.05, 0) is 60.5 Å². The predicted octanol–water partition coefficient (Wildman–Crippen LogP) is 3.23. The van der Waals surface area contributed by atoms with Crippen molar-refractivity contribution in [3.63, 3.8) is 0 Å². The molecule has 30 heavy (non-hydrogen) atoms. The molecule has 1 amide bonds. The van der Waals surface area contributed by atoms with Gasteiger partial charge in [-0.2, -0.15) is 4.80 Å². The van der Waals surface area contributed by atoms with Crippen molar-refractivity contribution in [1.82, 2.24) is 25.5 Å². The van der Waals surface area contributed by atoms with E-state index >= 15 is 0 Å². The Morgan fingerprint density at radius 3 is 2.33 bits per heavy atom. The van der Waals surface area contributed by atoms with Crippen LogP contribution >= 0.6 is 11.6 Å². The maximum absolute atomic E-state index is 12.8. The lowest BCUT2D eigenvalue weighted by Gasteiger charge is -2.19. The van der Waals surface area contributed by atoms with Crippen molar-refractivity contribution in [2.45, 2.75) is 37.2 Å². The molecule has 0 aliphatic heterocycles. The van der Waals surface area contributed by atoms with Crippen molar-refractivity contribution in [2.24, 2.45) is 0 Å². The first kappa shape index (κ1) is 21.9. The van der Waals surface area contributed by atoms with Crippen LogP contribution in [-0.4, -0.2) is 40.8 Å². The van der Waals surface area contributed by atoms with Crippen LogP contribution in [0, 0.1) is 0 Å². The lowest BCUT2D eigenvalue weighted by Crippen LogP contribution is -2.35. The van der Waals surface area contributed by atoms with E-state index in [0.717, 1.165) is 17.4 Å². The minimum Gasteiger partial charge on any atom is -0.348 e. The number of hydrogen-bond donors (Lipinski definition) is 1. The number of benzene rings is 2. The highest BCUT2D eigenvalue weighted by Gasteiger charge is 2.24. The molecule has 1 N–H and O–H groups in total. The lowest BCUT2D eigenvalue weighted by molar-refractivity contribution is -0.125. The first-order chi connectivity index (χ1) is 14.2. The van der Waals surface area contributed by atoms with Crippen LogP contribution in [-0.2, 0) is 14.6 Å². The molecule has 0 saturated heterocycles. The van der Waals surface area contributed by atoms with E-state index in [1.165, 1.54) is 16.9 Å². The SMILES string of the molecule is CCC(C(=O)NC(C)c1ccc(S(C)(=O)=O)cc1)n1nnc(-c2ccc(Cl)cc2)n1. The number of carbonyl (C=O) groups is 1. The van der Waals surface area contributed by atoms with E-state index in [1.54, 1.807) is 36.4 Å². The summed E-state index contributed by atoms with van der Waals surface area (Å²) in [6.45, 7) is 3.69. The summed E-state index contributed by atoms with van der Waals surface area (Å²) in [4.78, 5) is 14.4. The summed E-state index contributed by atoms with van der Waals surface area (Å²) >= 11 is 5.90. The molecule has 1 aromatic heterocycles. The topological polar surface area (TPSA) is 107 Å². The summed E-state index contributed by atoms with van der Waals surface area (Å²) in [6.07, 6.45) is 1.63. The van der Waals surface area contributed by atoms with Gasteiger partial charge in [-0.3, -0.25) is 4.79 Å². The van der Waals surface area contributed by atoms with Crippen LogP contribution in [0.25, 0.3) is 11.4 Å². The third-order valence-electron chi connectivity index (χ3n) is 4.67. The fraction of sp³-hybridized carbons (Fsp3) is 0.300. The average Bonchev–Trinajstić information content (AvgIpc) is 3.18. The molecule has 3 rings (SSSR count). The van der Waals surface area contributed by atoms with Crippen LogP contribution in [0.15, 0.2) is 53.4 Å². The van der Waals surface area contributed by atoms with Gasteiger partial charge in [0.25, 0.3) is 0 Å². The number of amides is 1. The third-order valence-corrected chi connectivity index (χ3v) is 6.05. The summed E-state index contributed by atoms with van der Waals surface area (Å²) in [7, 11) is -3.27. The fourth-order valence-electron chi connectivity index (χ4n) is 2.92. The molecule has 0 bridgehead atoms. The lowest BCUT2D eigenvalue weighted by atomic mass is 10.1. The van der Waals surface area contributed by atoms with Crippen molar-refractivity contribution < 1.29 is 13.2 Å². The van der Waals surface area contributed by atoms with E-state index in [2.05, 4.69) is 20.7 Å². The zero-order valence-electron chi connectivity index (χ0n) is 16.8. The molecule has 8 nitrogen and oxygen atoms in total. The molecule has 0 aliphatic rings. The first-order valence-corrected chi connectivity index (χ1v) is 11.6. The van der Waals surface area contributed by atoms with Crippen LogP contribution in [0.5, 0.6) is 0 Å². The van der Waals surface area contributed by atoms with Gasteiger partial charge in [0.15, 0.2) is 15.9 Å². The van der Waals surface area contributed by atoms with E-state index in [-0.39, 0.29) is 16.8 Å². The predicted molar refractivity (Wildman–Crippen MR) is 114 cm³/mol. The Labute approximate surface area is 180 Å². The maximum Gasteiger partial charge on any atom is 0.247 e. The van der Waals surface area contributed by atoms with E-state index < -0.39 is 15.9 Å². The van der Waals surface area contributed by atoms with E-state index in [1.807, 2.05) is 13.8 Å². The van der Waals surface area contributed by atoms with Gasteiger partial charge in [0.2, 0.25) is 11.7 Å². The number of aromatic nitrogens is 4. The normalized spacial score (nSPS) is 13.6. The van der Waals surface area contributed by atoms with Crippen LogP contribution in [0.3, 0.4) is 0 Å². The number of halogens is 1. The quantitative estimate of drug-likeness (QED) is 0.595. The van der Waals surface area contributed by atoms with Crippen molar-refractivity contribution in [3.8, 4) is 11.4 Å². The summed E-state index contributed by atoms with van der Waals surface area (Å²) in [5.41, 5.74) is 1.54. The number of carbonyl (C=O) groups excluding carboxylic acids is 1. The minimum atomic E-state index is -3.27. The van der Waals surface area contributed by atoms with E-state index in [0.29, 0.717) is 17.3 Å². The number of nitrogens with zero attached hydrogens (tertiary/aromatic N) is 4. The Hall–Kier alpha value is -2.78. The second-order valence-corrected chi connectivity index (χ2v) is 9.39. The van der Waals surface area contributed by atoms with Crippen molar-refractivity contribution in [2.75, 3.05) is 6.26 Å². The molecule has 2 atom stereocenters. The van der Waals surface area contributed by atoms with Crippen molar-refractivity contribution in [3.05, 3.63) is 59.1 Å². The number of sulfone groups is 1. The van der Waals surface area contributed by atoms with E-state index in [4.69, 9.17) is 11.6 Å². The van der Waals surface area contributed by atoms with E-state index in [9.17, 15) is 13.2 Å². The van der Waals surface area contributed by atoms with Crippen LogP contribution in [0.1, 0.15) is 37.9 Å². The molecule has 10 heteroatoms. The minimum absolute atomic E-state index is 0.234. The van der Waals surface area contributed by atoms with Crippen molar-refractivity contribution >= 4 is 27.3 Å². The zero-order valence-corrected chi connectivity index (χ0v) is 18.4. The van der Waals surface area contributed by atoms with Crippen LogP contribution in [0.2, 0.25) is 5.02 Å². The molecule has 0 spiro atoms. The van der Waals surface area contributed by atoms with Crippen LogP contribution in [0.4, 0.5) is 0 Å². The molecule has 3 aromatic rings. The molecule has 158 valence electrons. The standard InChI is InChI=1S/C20H22ClN5O3S/c1-4-18(26-24-19(23-25-26)15-5-9-16(21)10-6-15)20(27)22-13(2)14-7-11-17(12-8-14)30(3,28)29/h5-13,18H,4H2,1-3H3,(H,22,27). The summed E-state index contributed by atoms with van der Waals surface area (Å²) < 4.78 is 23.2. The Bertz CT molecular complexity index is 1130. The molecule has 0 radical (unpaired) electrons. The molecule has 1 heterocycles. The van der Waals surface area contributed by atoms with Gasteiger partial charge in [-0.25, -0.2) is 8.42 Å². The van der Waals surface area contributed by atoms with Crippen LogP contribution < -0.4 is 5.32 Å². The van der Waals surface area contributed by atoms with Gasteiger partial charge in [-0.15, -0.1) is 10.2 Å². The largest absolute Gasteiger partial charge is 0.348 e. The van der Waals surface area contributed by atoms with Gasteiger partial charge in [-0.1, -0.05) is 30.7 Å².